The molecule has 1 spiro atoms. The first-order valence-corrected chi connectivity index (χ1v) is 21.4. The molecule has 2 bridgehead atoms. The van der Waals surface area contributed by atoms with E-state index in [2.05, 4.69) is 43.7 Å². The monoisotopic (exact) mass is 768 g/mol. The summed E-state index contributed by atoms with van der Waals surface area (Å²) in [6.45, 7) is 12.1. The van der Waals surface area contributed by atoms with Crippen LogP contribution in [0.1, 0.15) is 57.1 Å². The van der Waals surface area contributed by atoms with Gasteiger partial charge in [-0.3, -0.25) is 14.6 Å². The highest BCUT2D eigenvalue weighted by molar-refractivity contribution is 7.90. The molecule has 0 unspecified atom stereocenters. The number of rotatable bonds is 6. The smallest absolute Gasteiger partial charge is 0.264 e. The molecule has 3 heterocycles. The lowest BCUT2D eigenvalue weighted by molar-refractivity contribution is -0.124. The number of allylic oxidation sites excluding steroid dienone is 1. The van der Waals surface area contributed by atoms with Gasteiger partial charge in [0.15, 0.2) is 0 Å². The van der Waals surface area contributed by atoms with Crippen LogP contribution in [0, 0.1) is 23.7 Å². The number of hydrogen-bond acceptors (Lipinski definition) is 9. The Bertz CT molecular complexity index is 1780. The molecule has 1 N–H and O–H groups in total. The molecule has 0 radical (unpaired) electrons. The van der Waals surface area contributed by atoms with Crippen molar-refractivity contribution in [3.8, 4) is 5.75 Å². The molecule has 53 heavy (non-hydrogen) atoms. The van der Waals surface area contributed by atoms with Gasteiger partial charge < -0.3 is 19.1 Å². The van der Waals surface area contributed by atoms with Crippen molar-refractivity contribution >= 4 is 33.2 Å². The van der Waals surface area contributed by atoms with Crippen molar-refractivity contribution in [3.05, 3.63) is 64.7 Å². The number of carbonyl (C=O) groups excluding carboxylic acids is 1. The van der Waals surface area contributed by atoms with Crippen LogP contribution in [0.4, 0.5) is 5.69 Å². The summed E-state index contributed by atoms with van der Waals surface area (Å²) in [5.41, 5.74) is 2.47. The van der Waals surface area contributed by atoms with Crippen LogP contribution in [0.3, 0.4) is 0 Å². The fraction of sp³-hybridized carbons (Fsp3) is 0.634. The lowest BCUT2D eigenvalue weighted by Gasteiger charge is -2.52. The lowest BCUT2D eigenvalue weighted by Crippen LogP contribution is -2.59. The molecule has 5 aliphatic rings. The number of methoxy groups -OCH3 is 2. The number of nitrogens with one attached hydrogen (secondary N) is 1. The van der Waals surface area contributed by atoms with Crippen LogP contribution in [0.5, 0.6) is 5.75 Å². The number of sulfonamides is 1. The second-order valence-electron chi connectivity index (χ2n) is 16.3. The Hall–Kier alpha value is -2.67. The van der Waals surface area contributed by atoms with E-state index in [1.165, 1.54) is 11.1 Å². The van der Waals surface area contributed by atoms with Gasteiger partial charge in [0, 0.05) is 82.9 Å². The highest BCUT2D eigenvalue weighted by Gasteiger charge is 2.50. The number of anilines is 1. The Balaban J connectivity index is 1.27. The molecule has 1 amide bonds. The van der Waals surface area contributed by atoms with Gasteiger partial charge in [-0.1, -0.05) is 43.7 Å². The quantitative estimate of drug-likeness (QED) is 0.381. The SMILES string of the molecule is COCCN1CCN(C[C@]2(OC)/C=C/C[C@H](C)[C@@H](C)C(=O)NS(=O)(=O)c3ccc4c(c3)N(C[C@@H]3CC[C@H]32)C[C@@]2(CCCc3cc(Cl)ccc32)CO4)CC1. The van der Waals surface area contributed by atoms with Crippen molar-refractivity contribution in [2.45, 2.75) is 68.3 Å². The van der Waals surface area contributed by atoms with E-state index in [0.717, 1.165) is 95.2 Å². The summed E-state index contributed by atoms with van der Waals surface area (Å²) in [6, 6.07) is 11.3. The molecule has 1 saturated heterocycles. The maximum atomic E-state index is 13.8. The minimum atomic E-state index is -4.12. The van der Waals surface area contributed by atoms with E-state index in [4.69, 9.17) is 25.8 Å². The third-order valence-corrected chi connectivity index (χ3v) is 14.7. The molecule has 2 aliphatic carbocycles. The molecule has 0 aromatic heterocycles. The molecule has 12 heteroatoms. The lowest BCUT2D eigenvalue weighted by atomic mass is 9.63. The van der Waals surface area contributed by atoms with Gasteiger partial charge in [-0.15, -0.1) is 0 Å². The van der Waals surface area contributed by atoms with Crippen molar-refractivity contribution in [2.24, 2.45) is 23.7 Å². The molecule has 7 rings (SSSR count). The minimum Gasteiger partial charge on any atom is -0.490 e. The summed E-state index contributed by atoms with van der Waals surface area (Å²) < 4.78 is 48.7. The average Bonchev–Trinajstić information content (AvgIpc) is 3.28. The number of carbonyl (C=O) groups is 1. The third-order valence-electron chi connectivity index (χ3n) is 13.2. The summed E-state index contributed by atoms with van der Waals surface area (Å²) in [5.74, 6) is 0.134. The van der Waals surface area contributed by atoms with Crippen molar-refractivity contribution in [3.63, 3.8) is 0 Å². The summed E-state index contributed by atoms with van der Waals surface area (Å²) >= 11 is 6.50. The van der Waals surface area contributed by atoms with Gasteiger partial charge in [-0.2, -0.15) is 0 Å². The Morgan fingerprint density at radius 3 is 2.57 bits per heavy atom. The number of piperazine rings is 1. The number of hydrogen-bond donors (Lipinski definition) is 1. The van der Waals surface area contributed by atoms with Crippen LogP contribution in [0.2, 0.25) is 5.02 Å². The Morgan fingerprint density at radius 2 is 1.83 bits per heavy atom. The molecule has 3 aliphatic heterocycles. The second kappa shape index (κ2) is 15.8. The molecule has 2 aromatic rings. The number of benzene rings is 2. The van der Waals surface area contributed by atoms with Crippen LogP contribution in [0.25, 0.3) is 0 Å². The van der Waals surface area contributed by atoms with Gasteiger partial charge >= 0.3 is 0 Å². The van der Waals surface area contributed by atoms with E-state index in [9.17, 15) is 13.2 Å². The summed E-state index contributed by atoms with van der Waals surface area (Å²) in [4.78, 5) is 20.9. The molecule has 2 fully saturated rings. The third kappa shape index (κ3) is 7.89. The molecular weight excluding hydrogens is 712 g/mol. The van der Waals surface area contributed by atoms with E-state index in [1.807, 2.05) is 27.0 Å². The van der Waals surface area contributed by atoms with Crippen molar-refractivity contribution in [1.29, 1.82) is 0 Å². The Kier molecular flexibility index (Phi) is 11.5. The molecule has 2 aromatic carbocycles. The number of ether oxygens (including phenoxy) is 3. The Labute approximate surface area is 321 Å². The predicted octanol–water partition coefficient (Wildman–Crippen LogP) is 5.53. The number of aryl methyl sites for hydroxylation is 1. The van der Waals surface area contributed by atoms with Crippen molar-refractivity contribution < 1.29 is 27.4 Å². The molecule has 10 nitrogen and oxygen atoms in total. The number of fused-ring (bicyclic) bond motifs is 4. The van der Waals surface area contributed by atoms with E-state index >= 15 is 0 Å². The maximum Gasteiger partial charge on any atom is 0.264 e. The Morgan fingerprint density at radius 1 is 1.04 bits per heavy atom. The first-order valence-electron chi connectivity index (χ1n) is 19.5. The molecular formula is C41H57ClN4O6S. The summed E-state index contributed by atoms with van der Waals surface area (Å²) in [6.07, 6.45) is 10.1. The van der Waals surface area contributed by atoms with Gasteiger partial charge in [0.05, 0.1) is 23.8 Å². The van der Waals surface area contributed by atoms with Crippen LogP contribution >= 0.6 is 11.6 Å². The zero-order valence-electron chi connectivity index (χ0n) is 31.8. The fourth-order valence-electron chi connectivity index (χ4n) is 9.52. The molecule has 1 saturated carbocycles. The number of halogens is 1. The van der Waals surface area contributed by atoms with E-state index in [1.54, 1.807) is 25.3 Å². The topological polar surface area (TPSA) is 101 Å². The van der Waals surface area contributed by atoms with Gasteiger partial charge in [-0.05, 0) is 97.7 Å². The normalized spacial score (nSPS) is 32.8. The zero-order valence-corrected chi connectivity index (χ0v) is 33.4. The van der Waals surface area contributed by atoms with Gasteiger partial charge in [-0.25, -0.2) is 13.1 Å². The van der Waals surface area contributed by atoms with Crippen LogP contribution < -0.4 is 14.4 Å². The highest BCUT2D eigenvalue weighted by Crippen LogP contribution is 2.49. The standard InChI is InChI=1S/C41H57ClN4O6S/c1-29-7-5-16-41(51-4,27-45-19-17-44(18-20-45)21-22-50-3)36-12-9-32(36)25-46-26-40(15-6-8-31-23-33(42)10-13-35(31)40)28-52-38-14-11-34(24-37(38)46)53(48,49)43-39(47)30(29)2/h5,10-11,13-14,16,23-24,29-30,32,36H,6-9,12,15,17-22,25-28H2,1-4H3,(H,43,47)/b16-5+/t29-,30+,32-,36+,40-,41+/m0/s1. The van der Waals surface area contributed by atoms with Gasteiger partial charge in [0.25, 0.3) is 10.0 Å². The number of amides is 1. The van der Waals surface area contributed by atoms with Gasteiger partial charge in [0.1, 0.15) is 11.4 Å². The van der Waals surface area contributed by atoms with Crippen LogP contribution in [0.15, 0.2) is 53.4 Å². The maximum absolute atomic E-state index is 13.8. The predicted molar refractivity (Wildman–Crippen MR) is 208 cm³/mol. The van der Waals surface area contributed by atoms with Crippen molar-refractivity contribution in [1.82, 2.24) is 14.5 Å². The largest absolute Gasteiger partial charge is 0.490 e. The molecule has 6 atom stereocenters. The van der Waals surface area contributed by atoms with Crippen molar-refractivity contribution in [2.75, 3.05) is 84.7 Å². The minimum absolute atomic E-state index is 0.0675. The number of nitrogens with zero attached hydrogens (tertiary/aromatic N) is 3. The van der Waals surface area contributed by atoms with Crippen LogP contribution in [-0.4, -0.2) is 110 Å². The highest BCUT2D eigenvalue weighted by atomic mass is 35.5. The summed E-state index contributed by atoms with van der Waals surface area (Å²) in [7, 11) is -0.509. The molecule has 290 valence electrons. The van der Waals surface area contributed by atoms with E-state index < -0.39 is 27.4 Å². The van der Waals surface area contributed by atoms with Gasteiger partial charge in [0.2, 0.25) is 5.91 Å². The first kappa shape index (κ1) is 38.6. The second-order valence-corrected chi connectivity index (χ2v) is 18.4. The van der Waals surface area contributed by atoms with E-state index in [0.29, 0.717) is 31.2 Å². The average molecular weight is 769 g/mol. The fourth-order valence-corrected chi connectivity index (χ4v) is 10.8. The summed E-state index contributed by atoms with van der Waals surface area (Å²) in [5, 5.41) is 0.738. The van der Waals surface area contributed by atoms with Crippen LogP contribution in [-0.2, 0) is 36.1 Å². The zero-order chi connectivity index (χ0) is 37.4. The first-order chi connectivity index (χ1) is 25.5. The van der Waals surface area contributed by atoms with E-state index in [-0.39, 0.29) is 22.1 Å².